The molecular formula is C13H10F3NO3. The molecular weight excluding hydrogens is 275 g/mol. The summed E-state index contributed by atoms with van der Waals surface area (Å²) in [6.07, 6.45) is -3.46. The molecule has 7 heteroatoms. The molecule has 4 nitrogen and oxygen atoms in total. The van der Waals surface area contributed by atoms with E-state index in [0.29, 0.717) is 16.8 Å². The number of hydrogen-bond donors (Lipinski definition) is 2. The van der Waals surface area contributed by atoms with Crippen LogP contribution >= 0.6 is 0 Å². The molecule has 0 fully saturated rings. The van der Waals surface area contributed by atoms with Gasteiger partial charge in [-0.3, -0.25) is 4.98 Å². The number of hydrogen-bond acceptors (Lipinski definition) is 4. The Balaban J connectivity index is 2.40. The Kier molecular flexibility index (Phi) is 3.80. The van der Waals surface area contributed by atoms with Crippen LogP contribution < -0.4 is 4.74 Å². The third-order valence-electron chi connectivity index (χ3n) is 2.49. The van der Waals surface area contributed by atoms with Crippen LogP contribution in [0.15, 0.2) is 36.5 Å². The fourth-order valence-corrected chi connectivity index (χ4v) is 1.61. The van der Waals surface area contributed by atoms with Gasteiger partial charge in [0.1, 0.15) is 0 Å². The number of alkyl halides is 3. The van der Waals surface area contributed by atoms with Crippen LogP contribution in [0.25, 0.3) is 11.3 Å². The highest BCUT2D eigenvalue weighted by Crippen LogP contribution is 2.34. The van der Waals surface area contributed by atoms with Gasteiger partial charge >= 0.3 is 6.36 Å². The van der Waals surface area contributed by atoms with E-state index >= 15 is 0 Å². The molecule has 1 aromatic carbocycles. The number of aliphatic hydroxyl groups excluding tert-OH is 1. The fraction of sp³-hybridized carbons (Fsp3) is 0.154. The molecule has 0 saturated heterocycles. The number of aromatic hydroxyl groups is 1. The maximum absolute atomic E-state index is 12.2. The number of aromatic nitrogens is 1. The summed E-state index contributed by atoms with van der Waals surface area (Å²) in [6, 6.07) is 6.64. The lowest BCUT2D eigenvalue weighted by atomic mass is 10.1. The smallest absolute Gasteiger partial charge is 0.504 e. The highest BCUT2D eigenvalue weighted by Gasteiger charge is 2.32. The molecule has 106 valence electrons. The van der Waals surface area contributed by atoms with Gasteiger partial charge in [-0.2, -0.15) is 0 Å². The van der Waals surface area contributed by atoms with Crippen LogP contribution in [0.4, 0.5) is 13.2 Å². The van der Waals surface area contributed by atoms with Crippen molar-refractivity contribution in [2.45, 2.75) is 13.0 Å². The quantitative estimate of drug-likeness (QED) is 0.910. The van der Waals surface area contributed by atoms with Gasteiger partial charge in [0.25, 0.3) is 0 Å². The van der Waals surface area contributed by atoms with Crippen LogP contribution in [0.2, 0.25) is 0 Å². The first-order valence-electron chi connectivity index (χ1n) is 5.54. The fourth-order valence-electron chi connectivity index (χ4n) is 1.61. The monoisotopic (exact) mass is 285 g/mol. The zero-order valence-corrected chi connectivity index (χ0v) is 10.1. The number of benzene rings is 1. The van der Waals surface area contributed by atoms with Crippen molar-refractivity contribution >= 4 is 0 Å². The molecule has 0 atom stereocenters. The lowest BCUT2D eigenvalue weighted by Gasteiger charge is -2.11. The summed E-state index contributed by atoms with van der Waals surface area (Å²) in [5, 5.41) is 18.4. The number of aliphatic hydroxyl groups is 1. The van der Waals surface area contributed by atoms with Gasteiger partial charge in [-0.25, -0.2) is 0 Å². The van der Waals surface area contributed by atoms with Gasteiger partial charge in [-0.1, -0.05) is 0 Å². The van der Waals surface area contributed by atoms with Gasteiger partial charge in [0.15, 0.2) is 11.5 Å². The molecule has 20 heavy (non-hydrogen) atoms. The van der Waals surface area contributed by atoms with E-state index in [1.165, 1.54) is 18.3 Å². The van der Waals surface area contributed by atoms with E-state index in [9.17, 15) is 18.3 Å². The first-order valence-corrected chi connectivity index (χ1v) is 5.54. The van der Waals surface area contributed by atoms with Crippen molar-refractivity contribution in [2.75, 3.05) is 0 Å². The molecule has 1 heterocycles. The first-order chi connectivity index (χ1) is 9.39. The van der Waals surface area contributed by atoms with Gasteiger partial charge in [-0.15, -0.1) is 13.2 Å². The number of halogens is 3. The van der Waals surface area contributed by atoms with E-state index in [-0.39, 0.29) is 6.61 Å². The maximum atomic E-state index is 12.2. The summed E-state index contributed by atoms with van der Waals surface area (Å²) >= 11 is 0. The third kappa shape index (κ3) is 3.39. The van der Waals surface area contributed by atoms with Crippen LogP contribution in [0.5, 0.6) is 11.5 Å². The van der Waals surface area contributed by atoms with Crippen LogP contribution in [0.1, 0.15) is 5.56 Å². The molecule has 0 aliphatic carbocycles. The number of rotatable bonds is 3. The molecule has 0 unspecified atom stereocenters. The van der Waals surface area contributed by atoms with Crippen molar-refractivity contribution in [3.63, 3.8) is 0 Å². The van der Waals surface area contributed by atoms with Crippen molar-refractivity contribution in [3.05, 3.63) is 42.1 Å². The van der Waals surface area contributed by atoms with Crippen molar-refractivity contribution in [1.29, 1.82) is 0 Å². The molecule has 0 amide bonds. The zero-order valence-electron chi connectivity index (χ0n) is 10.1. The summed E-state index contributed by atoms with van der Waals surface area (Å²) in [5.41, 5.74) is 1.27. The van der Waals surface area contributed by atoms with Crippen molar-refractivity contribution in [3.8, 4) is 22.8 Å². The van der Waals surface area contributed by atoms with Gasteiger partial charge < -0.3 is 14.9 Å². The number of phenolic OH excluding ortho intramolecular Hbond substituents is 1. The second-order valence-electron chi connectivity index (χ2n) is 3.94. The molecule has 0 aliphatic heterocycles. The lowest BCUT2D eigenvalue weighted by Crippen LogP contribution is -2.17. The number of phenols is 1. The molecule has 0 aliphatic rings. The van der Waals surface area contributed by atoms with E-state index in [4.69, 9.17) is 5.11 Å². The lowest BCUT2D eigenvalue weighted by molar-refractivity contribution is -0.275. The van der Waals surface area contributed by atoms with Gasteiger partial charge in [0.05, 0.1) is 12.3 Å². The van der Waals surface area contributed by atoms with E-state index in [1.54, 1.807) is 6.07 Å². The van der Waals surface area contributed by atoms with E-state index in [2.05, 4.69) is 9.72 Å². The molecule has 0 bridgehead atoms. The summed E-state index contributed by atoms with van der Waals surface area (Å²) in [5.74, 6) is -1.32. The number of nitrogens with zero attached hydrogens (tertiary/aromatic N) is 1. The third-order valence-corrected chi connectivity index (χ3v) is 2.49. The Bertz CT molecular complexity index is 614. The molecule has 0 radical (unpaired) electrons. The average Bonchev–Trinajstić information content (AvgIpc) is 2.40. The minimum atomic E-state index is -4.89. The Morgan fingerprint density at radius 3 is 2.55 bits per heavy atom. The van der Waals surface area contributed by atoms with E-state index in [1.807, 2.05) is 0 Å². The van der Waals surface area contributed by atoms with Crippen LogP contribution in [-0.4, -0.2) is 21.6 Å². The molecule has 0 spiro atoms. The summed E-state index contributed by atoms with van der Waals surface area (Å²) in [4.78, 5) is 4.00. The normalized spacial score (nSPS) is 11.4. The van der Waals surface area contributed by atoms with Gasteiger partial charge in [0, 0.05) is 11.8 Å². The second-order valence-corrected chi connectivity index (χ2v) is 3.94. The largest absolute Gasteiger partial charge is 0.573 e. The molecule has 0 saturated carbocycles. The molecule has 2 N–H and O–H groups in total. The first kappa shape index (κ1) is 14.1. The van der Waals surface area contributed by atoms with Crippen LogP contribution in [0.3, 0.4) is 0 Å². The standard InChI is InChI=1S/C13H10F3NO3/c14-13(15,16)20-12-6-9(1-2-11(12)19)10-5-8(7-18)3-4-17-10/h1-6,18-19H,7H2. The van der Waals surface area contributed by atoms with Crippen LogP contribution in [0, 0.1) is 0 Å². The van der Waals surface area contributed by atoms with Crippen molar-refractivity contribution < 1.29 is 28.1 Å². The average molecular weight is 285 g/mol. The minimum Gasteiger partial charge on any atom is -0.504 e. The van der Waals surface area contributed by atoms with Gasteiger partial charge in [-0.05, 0) is 35.9 Å². The van der Waals surface area contributed by atoms with E-state index in [0.717, 1.165) is 12.1 Å². The molecule has 2 rings (SSSR count). The Labute approximate surface area is 112 Å². The molecule has 2 aromatic rings. The second kappa shape index (κ2) is 5.38. The predicted molar refractivity (Wildman–Crippen MR) is 63.9 cm³/mol. The SMILES string of the molecule is OCc1ccnc(-c2ccc(O)c(OC(F)(F)F)c2)c1. The number of pyridine rings is 1. The highest BCUT2D eigenvalue weighted by molar-refractivity contribution is 5.64. The summed E-state index contributed by atoms with van der Waals surface area (Å²) < 4.78 is 40.3. The maximum Gasteiger partial charge on any atom is 0.573 e. The molecule has 1 aromatic heterocycles. The zero-order chi connectivity index (χ0) is 14.8. The highest BCUT2D eigenvalue weighted by atomic mass is 19.4. The Hall–Kier alpha value is -2.28. The summed E-state index contributed by atoms with van der Waals surface area (Å²) in [7, 11) is 0. The Morgan fingerprint density at radius 1 is 1.15 bits per heavy atom. The van der Waals surface area contributed by atoms with Crippen molar-refractivity contribution in [1.82, 2.24) is 4.98 Å². The van der Waals surface area contributed by atoms with Gasteiger partial charge in [0.2, 0.25) is 0 Å². The Morgan fingerprint density at radius 2 is 1.90 bits per heavy atom. The number of ether oxygens (including phenoxy) is 1. The summed E-state index contributed by atoms with van der Waals surface area (Å²) in [6.45, 7) is -0.209. The predicted octanol–water partition coefficient (Wildman–Crippen LogP) is 2.85. The topological polar surface area (TPSA) is 62.6 Å². The van der Waals surface area contributed by atoms with Crippen molar-refractivity contribution in [2.24, 2.45) is 0 Å². The minimum absolute atomic E-state index is 0.209. The van der Waals surface area contributed by atoms with E-state index < -0.39 is 17.9 Å². The van der Waals surface area contributed by atoms with Crippen LogP contribution in [-0.2, 0) is 6.61 Å².